The molecule has 0 fully saturated rings. The largest absolute Gasteiger partial charge is 0.391 e. The SMILES string of the molecule is O=[N+]([O-])c1cc(/C=N/OCc2ccc(Cl)c(Cl)c2)ccc1SCc1ccccc1. The van der Waals surface area contributed by atoms with Gasteiger partial charge in [-0.05, 0) is 29.3 Å². The molecule has 0 heterocycles. The van der Waals surface area contributed by atoms with Gasteiger partial charge in [-0.25, -0.2) is 0 Å². The predicted molar refractivity (Wildman–Crippen MR) is 118 cm³/mol. The highest BCUT2D eigenvalue weighted by atomic mass is 35.5. The molecule has 29 heavy (non-hydrogen) atoms. The van der Waals surface area contributed by atoms with Gasteiger partial charge in [-0.15, -0.1) is 11.8 Å². The van der Waals surface area contributed by atoms with Gasteiger partial charge in [0.1, 0.15) is 6.61 Å². The van der Waals surface area contributed by atoms with Gasteiger partial charge in [0.2, 0.25) is 0 Å². The van der Waals surface area contributed by atoms with Crippen LogP contribution in [0.2, 0.25) is 10.0 Å². The van der Waals surface area contributed by atoms with E-state index in [4.69, 9.17) is 28.0 Å². The first-order chi connectivity index (χ1) is 14.0. The second kappa shape index (κ2) is 10.3. The molecule has 0 bridgehead atoms. The smallest absolute Gasteiger partial charge is 0.283 e. The fourth-order valence-corrected chi connectivity index (χ4v) is 3.74. The number of hydrogen-bond donors (Lipinski definition) is 0. The van der Waals surface area contributed by atoms with Gasteiger partial charge in [-0.1, -0.05) is 70.8 Å². The maximum absolute atomic E-state index is 11.5. The van der Waals surface area contributed by atoms with Crippen LogP contribution in [-0.4, -0.2) is 11.1 Å². The minimum atomic E-state index is -0.388. The van der Waals surface area contributed by atoms with Gasteiger partial charge in [0.25, 0.3) is 5.69 Å². The maximum Gasteiger partial charge on any atom is 0.283 e. The molecule has 8 heteroatoms. The van der Waals surface area contributed by atoms with Crippen molar-refractivity contribution in [3.05, 3.63) is 104 Å². The molecule has 0 aliphatic heterocycles. The molecule has 0 atom stereocenters. The Labute approximate surface area is 182 Å². The number of oxime groups is 1. The molecule has 148 valence electrons. The highest BCUT2D eigenvalue weighted by Crippen LogP contribution is 2.32. The van der Waals surface area contributed by atoms with E-state index in [1.54, 1.807) is 30.3 Å². The standard InChI is InChI=1S/C21H16Cl2N2O3S/c22-18-8-6-17(10-19(18)23)13-28-24-12-16-7-9-21(20(11-16)25(26)27)29-14-15-4-2-1-3-5-15/h1-12H,13-14H2/b24-12+. The van der Waals surface area contributed by atoms with Gasteiger partial charge in [-0.2, -0.15) is 0 Å². The Morgan fingerprint density at radius 3 is 2.52 bits per heavy atom. The third-order valence-electron chi connectivity index (χ3n) is 3.91. The molecule has 3 aromatic rings. The van der Waals surface area contributed by atoms with Gasteiger partial charge in [-0.3, -0.25) is 10.1 Å². The summed E-state index contributed by atoms with van der Waals surface area (Å²) in [5, 5.41) is 16.2. The number of hydrogen-bond acceptors (Lipinski definition) is 5. The van der Waals surface area contributed by atoms with E-state index in [1.165, 1.54) is 24.0 Å². The number of nitro groups is 1. The van der Waals surface area contributed by atoms with Gasteiger partial charge < -0.3 is 4.84 Å². The summed E-state index contributed by atoms with van der Waals surface area (Å²) in [5.41, 5.74) is 2.54. The van der Waals surface area contributed by atoms with Crippen molar-refractivity contribution in [3.8, 4) is 0 Å². The number of nitro benzene ring substituents is 1. The Morgan fingerprint density at radius 2 is 1.79 bits per heavy atom. The van der Waals surface area contributed by atoms with Crippen LogP contribution < -0.4 is 0 Å². The Hall–Kier alpha value is -2.54. The van der Waals surface area contributed by atoms with Gasteiger partial charge in [0, 0.05) is 17.4 Å². The van der Waals surface area contributed by atoms with Crippen LogP contribution in [0.15, 0.2) is 76.8 Å². The van der Waals surface area contributed by atoms with Gasteiger partial charge >= 0.3 is 0 Å². The summed E-state index contributed by atoms with van der Waals surface area (Å²) in [5.74, 6) is 0.655. The van der Waals surface area contributed by atoms with Crippen molar-refractivity contribution in [1.29, 1.82) is 0 Å². The zero-order valence-corrected chi connectivity index (χ0v) is 17.5. The number of rotatable bonds is 8. The molecule has 0 saturated heterocycles. The molecule has 5 nitrogen and oxygen atoms in total. The van der Waals surface area contributed by atoms with Crippen molar-refractivity contribution >= 4 is 46.9 Å². The molecule has 0 aliphatic carbocycles. The van der Waals surface area contributed by atoms with Crippen molar-refractivity contribution in [1.82, 2.24) is 0 Å². The second-order valence-corrected chi connectivity index (χ2v) is 7.85. The van der Waals surface area contributed by atoms with Crippen molar-refractivity contribution in [3.63, 3.8) is 0 Å². The first-order valence-corrected chi connectivity index (χ1v) is 10.3. The Morgan fingerprint density at radius 1 is 1.00 bits per heavy atom. The van der Waals surface area contributed by atoms with E-state index < -0.39 is 0 Å². The topological polar surface area (TPSA) is 64.7 Å². The Kier molecular flexibility index (Phi) is 7.52. The van der Waals surface area contributed by atoms with Crippen LogP contribution in [0.3, 0.4) is 0 Å². The van der Waals surface area contributed by atoms with E-state index in [-0.39, 0.29) is 17.2 Å². The molecule has 3 aromatic carbocycles. The molecule has 0 saturated carbocycles. The average Bonchev–Trinajstić information content (AvgIpc) is 2.73. The maximum atomic E-state index is 11.5. The number of nitrogens with zero attached hydrogens (tertiary/aromatic N) is 2. The van der Waals surface area contributed by atoms with Gasteiger partial charge in [0.15, 0.2) is 0 Å². The lowest BCUT2D eigenvalue weighted by Gasteiger charge is -2.05. The monoisotopic (exact) mass is 446 g/mol. The summed E-state index contributed by atoms with van der Waals surface area (Å²) in [6, 6.07) is 20.0. The summed E-state index contributed by atoms with van der Waals surface area (Å²) >= 11 is 13.3. The minimum absolute atomic E-state index is 0.0411. The van der Waals surface area contributed by atoms with Crippen molar-refractivity contribution < 1.29 is 9.76 Å². The summed E-state index contributed by atoms with van der Waals surface area (Å²) < 4.78 is 0. The minimum Gasteiger partial charge on any atom is -0.391 e. The molecular formula is C21H16Cl2N2O3S. The normalized spacial score (nSPS) is 11.0. The highest BCUT2D eigenvalue weighted by Gasteiger charge is 2.15. The van der Waals surface area contributed by atoms with Crippen LogP contribution in [-0.2, 0) is 17.2 Å². The zero-order chi connectivity index (χ0) is 20.6. The van der Waals surface area contributed by atoms with Crippen molar-refractivity contribution in [2.45, 2.75) is 17.3 Å². The summed E-state index contributed by atoms with van der Waals surface area (Å²) in [6.45, 7) is 0.209. The molecule has 0 aliphatic rings. The summed E-state index contributed by atoms with van der Waals surface area (Å²) in [4.78, 5) is 16.9. The number of benzene rings is 3. The van der Waals surface area contributed by atoms with Crippen LogP contribution >= 0.6 is 35.0 Å². The Balaban J connectivity index is 1.63. The predicted octanol–water partition coefficient (Wildman–Crippen LogP) is 6.74. The molecular weight excluding hydrogens is 431 g/mol. The summed E-state index contributed by atoms with van der Waals surface area (Å²) in [6.07, 6.45) is 1.44. The van der Waals surface area contributed by atoms with Gasteiger partial charge in [0.05, 0.1) is 26.1 Å². The lowest BCUT2D eigenvalue weighted by molar-refractivity contribution is -0.387. The third kappa shape index (κ3) is 6.22. The van der Waals surface area contributed by atoms with Crippen LogP contribution in [0.5, 0.6) is 0 Å². The number of halogens is 2. The van der Waals surface area contributed by atoms with Crippen molar-refractivity contribution in [2.24, 2.45) is 5.16 Å². The molecule has 0 spiro atoms. The lowest BCUT2D eigenvalue weighted by Crippen LogP contribution is -1.94. The molecule has 0 aromatic heterocycles. The first-order valence-electron chi connectivity index (χ1n) is 8.57. The second-order valence-electron chi connectivity index (χ2n) is 6.01. The lowest BCUT2D eigenvalue weighted by atomic mass is 10.2. The quantitative estimate of drug-likeness (QED) is 0.166. The van der Waals surface area contributed by atoms with Crippen LogP contribution in [0.4, 0.5) is 5.69 Å². The fraction of sp³-hybridized carbons (Fsp3) is 0.0952. The van der Waals surface area contributed by atoms with E-state index in [0.29, 0.717) is 26.3 Å². The zero-order valence-electron chi connectivity index (χ0n) is 15.1. The van der Waals surface area contributed by atoms with E-state index in [1.807, 2.05) is 30.3 Å². The average molecular weight is 447 g/mol. The molecule has 0 amide bonds. The molecule has 3 rings (SSSR count). The molecule has 0 radical (unpaired) electrons. The van der Waals surface area contributed by atoms with Crippen LogP contribution in [0, 0.1) is 10.1 Å². The van der Waals surface area contributed by atoms with E-state index in [0.717, 1.165) is 11.1 Å². The fourth-order valence-electron chi connectivity index (χ4n) is 2.45. The first kappa shape index (κ1) is 21.2. The van der Waals surface area contributed by atoms with E-state index in [9.17, 15) is 10.1 Å². The highest BCUT2D eigenvalue weighted by molar-refractivity contribution is 7.98. The molecule has 0 N–H and O–H groups in total. The van der Waals surface area contributed by atoms with Crippen LogP contribution in [0.25, 0.3) is 0 Å². The van der Waals surface area contributed by atoms with E-state index >= 15 is 0 Å². The van der Waals surface area contributed by atoms with E-state index in [2.05, 4.69) is 5.16 Å². The third-order valence-corrected chi connectivity index (χ3v) is 5.78. The number of thioether (sulfide) groups is 1. The summed E-state index contributed by atoms with van der Waals surface area (Å²) in [7, 11) is 0. The molecule has 0 unspecified atom stereocenters. The van der Waals surface area contributed by atoms with Crippen molar-refractivity contribution in [2.75, 3.05) is 0 Å². The van der Waals surface area contributed by atoms with Crippen LogP contribution in [0.1, 0.15) is 16.7 Å². The Bertz CT molecular complexity index is 1030.